The van der Waals surface area contributed by atoms with Crippen LogP contribution in [0.15, 0.2) is 48.5 Å². The highest BCUT2D eigenvalue weighted by Crippen LogP contribution is 2.19. The topological polar surface area (TPSA) is 47.6 Å². The molecule has 1 N–H and O–H groups in total. The van der Waals surface area contributed by atoms with E-state index in [2.05, 4.69) is 5.32 Å². The second kappa shape index (κ2) is 9.33. The Morgan fingerprint density at radius 3 is 2.40 bits per heavy atom. The van der Waals surface area contributed by atoms with Gasteiger partial charge in [-0.05, 0) is 56.2 Å². The predicted molar refractivity (Wildman–Crippen MR) is 100 cm³/mol. The van der Waals surface area contributed by atoms with Crippen molar-refractivity contribution < 1.29 is 14.3 Å². The lowest BCUT2D eigenvalue weighted by atomic mass is 10.2. The van der Waals surface area contributed by atoms with Crippen LogP contribution in [0.4, 0.5) is 0 Å². The number of carbonyl (C=O) groups is 1. The third kappa shape index (κ3) is 6.31. The zero-order valence-corrected chi connectivity index (χ0v) is 15.5. The fourth-order valence-corrected chi connectivity index (χ4v) is 2.51. The summed E-state index contributed by atoms with van der Waals surface area (Å²) in [5.74, 6) is 1.23. The maximum absolute atomic E-state index is 12.4. The lowest BCUT2D eigenvalue weighted by Crippen LogP contribution is -2.37. The lowest BCUT2D eigenvalue weighted by Gasteiger charge is -2.18. The van der Waals surface area contributed by atoms with E-state index >= 15 is 0 Å². The minimum Gasteiger partial charge on any atom is -0.491 e. The Bertz CT molecular complexity index is 703. The number of nitrogens with one attached hydrogen (secondary N) is 1. The Morgan fingerprint density at radius 1 is 1.08 bits per heavy atom. The number of halogens is 1. The summed E-state index contributed by atoms with van der Waals surface area (Å²) in [7, 11) is 0. The molecule has 0 bridgehead atoms. The molecule has 0 aliphatic heterocycles. The third-order valence-electron chi connectivity index (χ3n) is 3.47. The van der Waals surface area contributed by atoms with Gasteiger partial charge in [0.2, 0.25) is 0 Å². The van der Waals surface area contributed by atoms with Gasteiger partial charge in [-0.15, -0.1) is 0 Å². The van der Waals surface area contributed by atoms with E-state index in [0.717, 1.165) is 11.3 Å². The largest absolute Gasteiger partial charge is 0.491 e. The van der Waals surface area contributed by atoms with Crippen molar-refractivity contribution in [3.05, 3.63) is 59.1 Å². The molecule has 0 spiro atoms. The minimum absolute atomic E-state index is 0.111. The SMILES string of the molecule is CCC(Oc1cccc(Cl)c1)C(=O)NCc1cccc(OC(C)C)c1. The summed E-state index contributed by atoms with van der Waals surface area (Å²) in [5.41, 5.74) is 0.976. The van der Waals surface area contributed by atoms with Crippen LogP contribution in [0.3, 0.4) is 0 Å². The highest BCUT2D eigenvalue weighted by Gasteiger charge is 2.18. The van der Waals surface area contributed by atoms with Gasteiger partial charge in [-0.1, -0.05) is 36.7 Å². The smallest absolute Gasteiger partial charge is 0.261 e. The van der Waals surface area contributed by atoms with Gasteiger partial charge in [0.05, 0.1) is 6.10 Å². The van der Waals surface area contributed by atoms with Crippen LogP contribution < -0.4 is 14.8 Å². The van der Waals surface area contributed by atoms with Gasteiger partial charge < -0.3 is 14.8 Å². The lowest BCUT2D eigenvalue weighted by molar-refractivity contribution is -0.128. The molecule has 0 aromatic heterocycles. The first-order valence-corrected chi connectivity index (χ1v) is 8.81. The fraction of sp³-hybridized carbons (Fsp3) is 0.350. The summed E-state index contributed by atoms with van der Waals surface area (Å²) in [6, 6.07) is 14.7. The van der Waals surface area contributed by atoms with E-state index in [4.69, 9.17) is 21.1 Å². The van der Waals surface area contributed by atoms with Gasteiger partial charge in [-0.2, -0.15) is 0 Å². The highest BCUT2D eigenvalue weighted by atomic mass is 35.5. The van der Waals surface area contributed by atoms with E-state index < -0.39 is 6.10 Å². The molecule has 0 fully saturated rings. The molecule has 1 unspecified atom stereocenters. The van der Waals surface area contributed by atoms with E-state index in [1.165, 1.54) is 0 Å². The summed E-state index contributed by atoms with van der Waals surface area (Å²) in [5, 5.41) is 3.49. The quantitative estimate of drug-likeness (QED) is 0.747. The van der Waals surface area contributed by atoms with Crippen LogP contribution in [0.1, 0.15) is 32.8 Å². The van der Waals surface area contributed by atoms with Crippen LogP contribution in [-0.2, 0) is 11.3 Å². The van der Waals surface area contributed by atoms with Crippen LogP contribution in [-0.4, -0.2) is 18.1 Å². The number of benzene rings is 2. The molecule has 2 aromatic rings. The molecule has 5 heteroatoms. The van der Waals surface area contributed by atoms with Crippen LogP contribution in [0.2, 0.25) is 5.02 Å². The van der Waals surface area contributed by atoms with Crippen molar-refractivity contribution in [1.82, 2.24) is 5.32 Å². The molecular weight excluding hydrogens is 338 g/mol. The van der Waals surface area contributed by atoms with E-state index in [0.29, 0.717) is 23.7 Å². The number of ether oxygens (including phenoxy) is 2. The number of amides is 1. The molecule has 1 amide bonds. The van der Waals surface area contributed by atoms with Crippen molar-refractivity contribution in [2.24, 2.45) is 0 Å². The van der Waals surface area contributed by atoms with Crippen LogP contribution in [0.25, 0.3) is 0 Å². The molecule has 0 saturated carbocycles. The second-order valence-corrected chi connectivity index (χ2v) is 6.44. The van der Waals surface area contributed by atoms with E-state index in [1.807, 2.05) is 45.0 Å². The highest BCUT2D eigenvalue weighted by molar-refractivity contribution is 6.30. The first-order chi connectivity index (χ1) is 12.0. The first kappa shape index (κ1) is 19.1. The molecule has 1 atom stereocenters. The van der Waals surface area contributed by atoms with Gasteiger partial charge in [0, 0.05) is 11.6 Å². The Morgan fingerprint density at radius 2 is 1.76 bits per heavy atom. The molecule has 4 nitrogen and oxygen atoms in total. The number of hydrogen-bond donors (Lipinski definition) is 1. The summed E-state index contributed by atoms with van der Waals surface area (Å²) in [4.78, 5) is 12.4. The van der Waals surface area contributed by atoms with Crippen LogP contribution >= 0.6 is 11.6 Å². The molecule has 0 aliphatic rings. The predicted octanol–water partition coefficient (Wildman–Crippen LogP) is 4.60. The van der Waals surface area contributed by atoms with E-state index in [9.17, 15) is 4.79 Å². The van der Waals surface area contributed by atoms with Crippen molar-refractivity contribution in [3.8, 4) is 11.5 Å². The van der Waals surface area contributed by atoms with Crippen molar-refractivity contribution in [2.45, 2.75) is 45.9 Å². The van der Waals surface area contributed by atoms with E-state index in [-0.39, 0.29) is 12.0 Å². The molecular formula is C20H24ClNO3. The fourth-order valence-electron chi connectivity index (χ4n) is 2.33. The maximum atomic E-state index is 12.4. The average molecular weight is 362 g/mol. The molecule has 2 rings (SSSR count). The monoisotopic (exact) mass is 361 g/mol. The average Bonchev–Trinajstić information content (AvgIpc) is 2.57. The summed E-state index contributed by atoms with van der Waals surface area (Å²) < 4.78 is 11.4. The van der Waals surface area contributed by atoms with Gasteiger partial charge in [-0.3, -0.25) is 4.79 Å². The van der Waals surface area contributed by atoms with Gasteiger partial charge >= 0.3 is 0 Å². The summed E-state index contributed by atoms with van der Waals surface area (Å²) >= 11 is 5.95. The van der Waals surface area contributed by atoms with Crippen molar-refractivity contribution >= 4 is 17.5 Å². The normalized spacial score (nSPS) is 11.9. The third-order valence-corrected chi connectivity index (χ3v) is 3.71. The molecule has 25 heavy (non-hydrogen) atoms. The Balaban J connectivity index is 1.93. The van der Waals surface area contributed by atoms with Crippen molar-refractivity contribution in [2.75, 3.05) is 0 Å². The minimum atomic E-state index is -0.562. The molecule has 0 aliphatic carbocycles. The van der Waals surface area contributed by atoms with Gasteiger partial charge in [0.1, 0.15) is 11.5 Å². The Kier molecular flexibility index (Phi) is 7.14. The first-order valence-electron chi connectivity index (χ1n) is 8.43. The van der Waals surface area contributed by atoms with Gasteiger partial charge in [-0.25, -0.2) is 0 Å². The van der Waals surface area contributed by atoms with Crippen molar-refractivity contribution in [1.29, 1.82) is 0 Å². The zero-order valence-electron chi connectivity index (χ0n) is 14.8. The molecule has 0 radical (unpaired) electrons. The van der Waals surface area contributed by atoms with Crippen LogP contribution in [0, 0.1) is 0 Å². The molecule has 0 saturated heterocycles. The Labute approximate surface area is 154 Å². The van der Waals surface area contributed by atoms with Gasteiger partial charge in [0.25, 0.3) is 5.91 Å². The molecule has 2 aromatic carbocycles. The van der Waals surface area contributed by atoms with E-state index in [1.54, 1.807) is 24.3 Å². The molecule has 0 heterocycles. The standard InChI is InChI=1S/C20H24ClNO3/c1-4-19(25-18-10-6-8-16(21)12-18)20(23)22-13-15-7-5-9-17(11-15)24-14(2)3/h5-12,14,19H,4,13H2,1-3H3,(H,22,23). The Hall–Kier alpha value is -2.20. The van der Waals surface area contributed by atoms with Gasteiger partial charge in [0.15, 0.2) is 6.10 Å². The van der Waals surface area contributed by atoms with Crippen LogP contribution in [0.5, 0.6) is 11.5 Å². The number of carbonyl (C=O) groups excluding carboxylic acids is 1. The van der Waals surface area contributed by atoms with Crippen molar-refractivity contribution in [3.63, 3.8) is 0 Å². The maximum Gasteiger partial charge on any atom is 0.261 e. The zero-order chi connectivity index (χ0) is 18.2. The summed E-state index contributed by atoms with van der Waals surface area (Å²) in [6.07, 6.45) is 0.114. The number of rotatable bonds is 8. The number of hydrogen-bond acceptors (Lipinski definition) is 3. The second-order valence-electron chi connectivity index (χ2n) is 6.00. The molecule has 134 valence electrons. The summed E-state index contributed by atoms with van der Waals surface area (Å²) in [6.45, 7) is 6.29.